The lowest BCUT2D eigenvalue weighted by molar-refractivity contribution is 0.0935. The fourth-order valence-electron chi connectivity index (χ4n) is 2.38. The number of hydrogen-bond acceptors (Lipinski definition) is 2. The summed E-state index contributed by atoms with van der Waals surface area (Å²) in [4.78, 5) is 12.5. The number of rotatable bonds is 6. The molecule has 0 radical (unpaired) electrons. The molecule has 1 N–H and O–H groups in total. The fraction of sp³-hybridized carbons (Fsp3) is 0.316. The van der Waals surface area contributed by atoms with E-state index in [-0.39, 0.29) is 11.9 Å². The topological polar surface area (TPSA) is 38.3 Å². The van der Waals surface area contributed by atoms with E-state index >= 15 is 0 Å². The minimum absolute atomic E-state index is 0.0200. The molecule has 0 spiro atoms. The van der Waals surface area contributed by atoms with Crippen LogP contribution in [0.25, 0.3) is 0 Å². The molecule has 23 heavy (non-hydrogen) atoms. The van der Waals surface area contributed by atoms with Gasteiger partial charge < -0.3 is 10.1 Å². The van der Waals surface area contributed by atoms with Gasteiger partial charge in [-0.1, -0.05) is 48.4 Å². The number of benzene rings is 2. The van der Waals surface area contributed by atoms with Crippen LogP contribution in [0.3, 0.4) is 0 Å². The van der Waals surface area contributed by atoms with Crippen LogP contribution >= 0.6 is 11.6 Å². The van der Waals surface area contributed by atoms with Gasteiger partial charge in [-0.05, 0) is 44.0 Å². The lowest BCUT2D eigenvalue weighted by atomic mass is 10.0. The Labute approximate surface area is 142 Å². The average Bonchev–Trinajstić information content (AvgIpc) is 2.55. The van der Waals surface area contributed by atoms with Gasteiger partial charge in [-0.15, -0.1) is 0 Å². The number of carbonyl (C=O) groups is 1. The van der Waals surface area contributed by atoms with Crippen molar-refractivity contribution in [3.63, 3.8) is 0 Å². The van der Waals surface area contributed by atoms with E-state index in [1.165, 1.54) is 5.56 Å². The molecule has 0 bridgehead atoms. The second-order valence-corrected chi connectivity index (χ2v) is 5.83. The molecule has 2 aromatic carbocycles. The van der Waals surface area contributed by atoms with Crippen LogP contribution in [0.2, 0.25) is 5.02 Å². The molecule has 122 valence electrons. The molecule has 0 aliphatic rings. The van der Waals surface area contributed by atoms with Gasteiger partial charge in [0.1, 0.15) is 5.75 Å². The summed E-state index contributed by atoms with van der Waals surface area (Å²) in [7, 11) is 0. The van der Waals surface area contributed by atoms with Gasteiger partial charge in [0.05, 0.1) is 17.7 Å². The summed E-state index contributed by atoms with van der Waals surface area (Å²) in [5.41, 5.74) is 2.83. The second-order valence-electron chi connectivity index (χ2n) is 5.42. The van der Waals surface area contributed by atoms with Crippen molar-refractivity contribution < 1.29 is 9.53 Å². The average molecular weight is 332 g/mol. The van der Waals surface area contributed by atoms with Crippen molar-refractivity contribution in [1.29, 1.82) is 0 Å². The van der Waals surface area contributed by atoms with Crippen LogP contribution in [0.1, 0.15) is 47.8 Å². The zero-order valence-electron chi connectivity index (χ0n) is 13.7. The number of amides is 1. The van der Waals surface area contributed by atoms with E-state index < -0.39 is 0 Å². The molecule has 0 aromatic heterocycles. The molecule has 4 heteroatoms. The molecule has 0 fully saturated rings. The van der Waals surface area contributed by atoms with Crippen molar-refractivity contribution in [2.24, 2.45) is 0 Å². The normalized spacial score (nSPS) is 11.8. The summed E-state index contributed by atoms with van der Waals surface area (Å²) in [5.74, 6) is 0.457. The minimum Gasteiger partial charge on any atom is -0.492 e. The molecule has 2 rings (SSSR count). The van der Waals surface area contributed by atoms with Crippen molar-refractivity contribution in [1.82, 2.24) is 5.32 Å². The molecule has 1 amide bonds. The summed E-state index contributed by atoms with van der Waals surface area (Å²) in [6.07, 6.45) is 0.819. The second kappa shape index (κ2) is 8.02. The van der Waals surface area contributed by atoms with Gasteiger partial charge in [0, 0.05) is 5.56 Å². The van der Waals surface area contributed by atoms with Crippen LogP contribution in [-0.2, 0) is 0 Å². The van der Waals surface area contributed by atoms with Crippen molar-refractivity contribution in [3.8, 4) is 5.75 Å². The van der Waals surface area contributed by atoms with E-state index in [0.717, 1.165) is 12.0 Å². The Morgan fingerprint density at radius 2 is 1.87 bits per heavy atom. The zero-order chi connectivity index (χ0) is 16.8. The first-order valence-electron chi connectivity index (χ1n) is 7.85. The molecular weight excluding hydrogens is 310 g/mol. The molecular formula is C19H22ClNO2. The van der Waals surface area contributed by atoms with E-state index in [2.05, 4.69) is 36.5 Å². The van der Waals surface area contributed by atoms with Gasteiger partial charge in [-0.25, -0.2) is 0 Å². The van der Waals surface area contributed by atoms with Gasteiger partial charge in [0.2, 0.25) is 0 Å². The first-order chi connectivity index (χ1) is 11.0. The number of hydrogen-bond donors (Lipinski definition) is 1. The highest BCUT2D eigenvalue weighted by Gasteiger charge is 2.15. The van der Waals surface area contributed by atoms with E-state index in [9.17, 15) is 4.79 Å². The van der Waals surface area contributed by atoms with Gasteiger partial charge in [-0.2, -0.15) is 0 Å². The number of aryl methyl sites for hydroxylation is 1. The third-order valence-electron chi connectivity index (χ3n) is 3.69. The molecule has 2 aromatic rings. The van der Waals surface area contributed by atoms with Gasteiger partial charge in [-0.3, -0.25) is 4.79 Å². The Kier molecular flexibility index (Phi) is 6.05. The van der Waals surface area contributed by atoms with Crippen molar-refractivity contribution in [2.45, 2.75) is 33.2 Å². The molecule has 3 nitrogen and oxygen atoms in total. The van der Waals surface area contributed by atoms with Gasteiger partial charge in [0.15, 0.2) is 0 Å². The molecule has 0 aliphatic carbocycles. The summed E-state index contributed by atoms with van der Waals surface area (Å²) in [6.45, 7) is 6.53. The van der Waals surface area contributed by atoms with Gasteiger partial charge >= 0.3 is 0 Å². The number of halogens is 1. The largest absolute Gasteiger partial charge is 0.492 e. The monoisotopic (exact) mass is 331 g/mol. The zero-order valence-corrected chi connectivity index (χ0v) is 14.5. The summed E-state index contributed by atoms with van der Waals surface area (Å²) < 4.78 is 5.39. The Bertz CT molecular complexity index is 668. The van der Waals surface area contributed by atoms with E-state index in [0.29, 0.717) is 22.9 Å². The van der Waals surface area contributed by atoms with Crippen LogP contribution in [0.15, 0.2) is 42.5 Å². The van der Waals surface area contributed by atoms with Crippen LogP contribution in [-0.4, -0.2) is 12.5 Å². The Morgan fingerprint density at radius 1 is 1.17 bits per heavy atom. The standard InChI is InChI=1S/C19H22ClNO2/c1-4-17(14-8-6-13(3)7-9-14)21-19(22)15-10-11-18(23-5-2)16(20)12-15/h6-12,17H,4-5H2,1-3H3,(H,21,22)/t17-/m1/s1. The number of carbonyl (C=O) groups excluding carboxylic acids is 1. The molecule has 0 saturated heterocycles. The molecule has 0 aliphatic heterocycles. The highest BCUT2D eigenvalue weighted by molar-refractivity contribution is 6.32. The van der Waals surface area contributed by atoms with Crippen molar-refractivity contribution in [2.75, 3.05) is 6.61 Å². The Balaban J connectivity index is 2.13. The van der Waals surface area contributed by atoms with Crippen molar-refractivity contribution in [3.05, 3.63) is 64.2 Å². The van der Waals surface area contributed by atoms with Crippen LogP contribution in [0.5, 0.6) is 5.75 Å². The Morgan fingerprint density at radius 3 is 2.43 bits per heavy atom. The number of nitrogens with one attached hydrogen (secondary N) is 1. The van der Waals surface area contributed by atoms with E-state index in [4.69, 9.17) is 16.3 Å². The first kappa shape index (κ1) is 17.4. The maximum absolute atomic E-state index is 12.5. The molecule has 0 unspecified atom stereocenters. The molecule has 0 heterocycles. The van der Waals surface area contributed by atoms with Crippen molar-refractivity contribution >= 4 is 17.5 Å². The van der Waals surface area contributed by atoms with Gasteiger partial charge in [0.25, 0.3) is 5.91 Å². The predicted molar refractivity (Wildman–Crippen MR) is 94.3 cm³/mol. The lowest BCUT2D eigenvalue weighted by Gasteiger charge is -2.18. The van der Waals surface area contributed by atoms with E-state index in [1.807, 2.05) is 13.8 Å². The van der Waals surface area contributed by atoms with Crippen LogP contribution in [0.4, 0.5) is 0 Å². The maximum Gasteiger partial charge on any atom is 0.251 e. The molecule has 1 atom stereocenters. The minimum atomic E-state index is -0.137. The third kappa shape index (κ3) is 4.49. The van der Waals surface area contributed by atoms with Crippen LogP contribution < -0.4 is 10.1 Å². The quantitative estimate of drug-likeness (QED) is 0.815. The lowest BCUT2D eigenvalue weighted by Crippen LogP contribution is -2.28. The molecule has 0 saturated carbocycles. The van der Waals surface area contributed by atoms with E-state index in [1.54, 1.807) is 18.2 Å². The summed E-state index contributed by atoms with van der Waals surface area (Å²) >= 11 is 6.15. The summed E-state index contributed by atoms with van der Waals surface area (Å²) in [5, 5.41) is 3.51. The Hall–Kier alpha value is -2.00. The fourth-order valence-corrected chi connectivity index (χ4v) is 2.61. The first-order valence-corrected chi connectivity index (χ1v) is 8.22. The van der Waals surface area contributed by atoms with Crippen LogP contribution in [0, 0.1) is 6.92 Å². The highest BCUT2D eigenvalue weighted by atomic mass is 35.5. The SMILES string of the molecule is CCOc1ccc(C(=O)N[C@H](CC)c2ccc(C)cc2)cc1Cl. The smallest absolute Gasteiger partial charge is 0.251 e. The number of ether oxygens (including phenoxy) is 1. The maximum atomic E-state index is 12.5. The third-order valence-corrected chi connectivity index (χ3v) is 3.98. The summed E-state index contributed by atoms with van der Waals surface area (Å²) in [6, 6.07) is 13.3. The predicted octanol–water partition coefficient (Wildman–Crippen LogP) is 4.93. The highest BCUT2D eigenvalue weighted by Crippen LogP contribution is 2.26.